The lowest BCUT2D eigenvalue weighted by molar-refractivity contribution is -0.858. The van der Waals surface area contributed by atoms with Crippen LogP contribution in [0.5, 0.6) is 0 Å². The van der Waals surface area contributed by atoms with Crippen molar-refractivity contribution in [3.63, 3.8) is 0 Å². The van der Waals surface area contributed by atoms with Crippen LogP contribution in [0.15, 0.2) is 70.8 Å². The molecule has 0 atom stereocenters. The number of aryl methyl sites for hydroxylation is 1. The number of hydrogen-bond donors (Lipinski definition) is 3. The smallest absolute Gasteiger partial charge is 0.280 e. The van der Waals surface area contributed by atoms with Gasteiger partial charge in [-0.1, -0.05) is 29.8 Å². The fraction of sp³-hybridized carbons (Fsp3) is 0.231. The molecule has 1 heterocycles. The van der Waals surface area contributed by atoms with E-state index in [2.05, 4.69) is 10.6 Å². The van der Waals surface area contributed by atoms with Crippen molar-refractivity contribution in [1.29, 1.82) is 0 Å². The summed E-state index contributed by atoms with van der Waals surface area (Å²) in [7, 11) is 4.06. The molecule has 35 heavy (non-hydrogen) atoms. The molecule has 0 saturated heterocycles. The largest absolute Gasteiger partial charge is 0.456 e. The minimum absolute atomic E-state index is 0.0104. The SMILES string of the molecule is Cc1ccc(C(=O)N/C(=C/c2ccc(-c3ccccc3[N+](=O)[O-])o2)C(=O)NCCC[NH+](C)C)cc1. The number of carbonyl (C=O) groups excluding carboxylic acids is 2. The average Bonchev–Trinajstić information content (AvgIpc) is 3.30. The Balaban J connectivity index is 1.86. The Labute approximate surface area is 203 Å². The van der Waals surface area contributed by atoms with Gasteiger partial charge in [-0.05, 0) is 37.3 Å². The Morgan fingerprint density at radius 3 is 2.46 bits per heavy atom. The molecule has 0 fully saturated rings. The van der Waals surface area contributed by atoms with Gasteiger partial charge in [-0.3, -0.25) is 19.7 Å². The second kappa shape index (κ2) is 11.8. The summed E-state index contributed by atoms with van der Waals surface area (Å²) in [6.07, 6.45) is 2.19. The number of nitro benzene ring substituents is 1. The molecule has 3 rings (SSSR count). The zero-order valence-corrected chi connectivity index (χ0v) is 20.0. The van der Waals surface area contributed by atoms with Gasteiger partial charge in [-0.2, -0.15) is 0 Å². The first kappa shape index (κ1) is 25.4. The van der Waals surface area contributed by atoms with Crippen LogP contribution in [0.1, 0.15) is 28.1 Å². The van der Waals surface area contributed by atoms with Gasteiger partial charge in [-0.15, -0.1) is 0 Å². The van der Waals surface area contributed by atoms with E-state index in [1.165, 1.54) is 17.0 Å². The van der Waals surface area contributed by atoms with Crippen molar-refractivity contribution in [3.8, 4) is 11.3 Å². The molecule has 9 nitrogen and oxygen atoms in total. The second-order valence-corrected chi connectivity index (χ2v) is 8.42. The third-order valence-electron chi connectivity index (χ3n) is 5.23. The molecule has 2 aromatic carbocycles. The molecule has 0 radical (unpaired) electrons. The lowest BCUT2D eigenvalue weighted by Gasteiger charge is -2.12. The molecule has 0 aliphatic rings. The number of carbonyl (C=O) groups is 2. The number of furan rings is 1. The van der Waals surface area contributed by atoms with Crippen LogP contribution in [0.3, 0.4) is 0 Å². The van der Waals surface area contributed by atoms with Gasteiger partial charge >= 0.3 is 0 Å². The first-order valence-electron chi connectivity index (χ1n) is 11.2. The van der Waals surface area contributed by atoms with E-state index in [9.17, 15) is 19.7 Å². The third-order valence-corrected chi connectivity index (χ3v) is 5.23. The van der Waals surface area contributed by atoms with Gasteiger partial charge in [0.2, 0.25) is 0 Å². The van der Waals surface area contributed by atoms with Crippen LogP contribution in [0.4, 0.5) is 5.69 Å². The van der Waals surface area contributed by atoms with Crippen LogP contribution < -0.4 is 15.5 Å². The van der Waals surface area contributed by atoms with Crippen molar-refractivity contribution in [2.24, 2.45) is 0 Å². The fourth-order valence-corrected chi connectivity index (χ4v) is 3.36. The van der Waals surface area contributed by atoms with Crippen molar-refractivity contribution >= 4 is 23.6 Å². The van der Waals surface area contributed by atoms with E-state index in [1.807, 2.05) is 33.2 Å². The summed E-state index contributed by atoms with van der Waals surface area (Å²) in [5.41, 5.74) is 1.65. The van der Waals surface area contributed by atoms with Gasteiger partial charge in [0, 0.05) is 30.7 Å². The zero-order chi connectivity index (χ0) is 25.4. The van der Waals surface area contributed by atoms with Gasteiger partial charge in [0.1, 0.15) is 17.2 Å². The third kappa shape index (κ3) is 7.12. The van der Waals surface area contributed by atoms with Crippen molar-refractivity contribution in [2.75, 3.05) is 27.2 Å². The zero-order valence-electron chi connectivity index (χ0n) is 20.0. The fourth-order valence-electron chi connectivity index (χ4n) is 3.36. The van der Waals surface area contributed by atoms with Gasteiger partial charge < -0.3 is 20.0 Å². The van der Waals surface area contributed by atoms with Gasteiger partial charge in [-0.25, -0.2) is 0 Å². The van der Waals surface area contributed by atoms with E-state index < -0.39 is 16.7 Å². The molecule has 0 unspecified atom stereocenters. The minimum Gasteiger partial charge on any atom is -0.456 e. The number of amides is 2. The quantitative estimate of drug-likeness (QED) is 0.180. The van der Waals surface area contributed by atoms with Gasteiger partial charge in [0.25, 0.3) is 17.5 Å². The van der Waals surface area contributed by atoms with Crippen LogP contribution in [-0.4, -0.2) is 43.9 Å². The number of benzene rings is 2. The van der Waals surface area contributed by atoms with Crippen molar-refractivity contribution in [2.45, 2.75) is 13.3 Å². The Morgan fingerprint density at radius 2 is 1.77 bits per heavy atom. The highest BCUT2D eigenvalue weighted by Crippen LogP contribution is 2.31. The molecule has 2 amide bonds. The predicted molar refractivity (Wildman–Crippen MR) is 133 cm³/mol. The summed E-state index contributed by atoms with van der Waals surface area (Å²) in [6, 6.07) is 16.4. The van der Waals surface area contributed by atoms with E-state index in [1.54, 1.807) is 42.5 Å². The predicted octanol–water partition coefficient (Wildman–Crippen LogP) is 2.58. The summed E-state index contributed by atoms with van der Waals surface area (Å²) < 4.78 is 5.79. The molecule has 9 heteroatoms. The Bertz CT molecular complexity index is 1230. The maximum absolute atomic E-state index is 12.9. The molecule has 3 aromatic rings. The highest BCUT2D eigenvalue weighted by molar-refractivity contribution is 6.05. The molecule has 0 saturated carbocycles. The number of hydrogen-bond acceptors (Lipinski definition) is 5. The average molecular weight is 478 g/mol. The number of nitro groups is 1. The van der Waals surface area contributed by atoms with Crippen LogP contribution in [0.2, 0.25) is 0 Å². The normalized spacial score (nSPS) is 11.4. The van der Waals surface area contributed by atoms with E-state index in [-0.39, 0.29) is 22.9 Å². The van der Waals surface area contributed by atoms with E-state index in [4.69, 9.17) is 4.42 Å². The number of nitrogens with zero attached hydrogens (tertiary/aromatic N) is 1. The molecule has 0 spiro atoms. The number of quaternary nitrogens is 1. The maximum atomic E-state index is 12.9. The second-order valence-electron chi connectivity index (χ2n) is 8.42. The summed E-state index contributed by atoms with van der Waals surface area (Å²) in [4.78, 5) is 37.8. The van der Waals surface area contributed by atoms with Crippen LogP contribution in [-0.2, 0) is 4.79 Å². The molecule has 3 N–H and O–H groups in total. The minimum atomic E-state index is -0.483. The monoisotopic (exact) mass is 477 g/mol. The lowest BCUT2D eigenvalue weighted by atomic mass is 10.1. The van der Waals surface area contributed by atoms with Crippen LogP contribution >= 0.6 is 0 Å². The first-order chi connectivity index (χ1) is 16.7. The van der Waals surface area contributed by atoms with E-state index >= 15 is 0 Å². The van der Waals surface area contributed by atoms with Gasteiger partial charge in [0.15, 0.2) is 0 Å². The van der Waals surface area contributed by atoms with Crippen molar-refractivity contribution < 1.29 is 23.8 Å². The number of para-hydroxylation sites is 1. The summed E-state index contributed by atoms with van der Waals surface area (Å²) in [5, 5.41) is 16.8. The molecule has 1 aromatic heterocycles. The highest BCUT2D eigenvalue weighted by atomic mass is 16.6. The topological polar surface area (TPSA) is 119 Å². The maximum Gasteiger partial charge on any atom is 0.280 e. The van der Waals surface area contributed by atoms with Crippen molar-refractivity contribution in [3.05, 3.63) is 93.4 Å². The molecule has 0 bridgehead atoms. The molecular formula is C26H29N4O5+. The summed E-state index contributed by atoms with van der Waals surface area (Å²) >= 11 is 0. The number of rotatable bonds is 10. The molecule has 0 aliphatic carbocycles. The summed E-state index contributed by atoms with van der Waals surface area (Å²) in [5.74, 6) is -0.343. The van der Waals surface area contributed by atoms with Crippen LogP contribution in [0.25, 0.3) is 17.4 Å². The Kier molecular flexibility index (Phi) is 8.53. The molecule has 0 aliphatic heterocycles. The summed E-state index contributed by atoms with van der Waals surface area (Å²) in [6.45, 7) is 3.25. The van der Waals surface area contributed by atoms with Crippen LogP contribution in [0, 0.1) is 17.0 Å². The molecule has 182 valence electrons. The number of nitrogens with one attached hydrogen (secondary N) is 3. The Hall–Kier alpha value is -4.24. The van der Waals surface area contributed by atoms with Crippen molar-refractivity contribution in [1.82, 2.24) is 10.6 Å². The lowest BCUT2D eigenvalue weighted by Crippen LogP contribution is -3.05. The van der Waals surface area contributed by atoms with E-state index in [0.717, 1.165) is 18.5 Å². The highest BCUT2D eigenvalue weighted by Gasteiger charge is 2.19. The Morgan fingerprint density at radius 1 is 1.06 bits per heavy atom. The van der Waals surface area contributed by atoms with E-state index in [0.29, 0.717) is 17.7 Å². The standard InChI is InChI=1S/C26H28N4O5/c1-18-9-11-19(12-10-18)25(31)28-22(26(32)27-15-6-16-29(2)3)17-20-13-14-24(35-20)21-7-4-5-8-23(21)30(33)34/h4-5,7-14,17H,6,15-16H2,1-3H3,(H,27,32)(H,28,31)/p+1/b22-17+. The first-order valence-corrected chi connectivity index (χ1v) is 11.2. The van der Waals surface area contributed by atoms with Gasteiger partial charge in [0.05, 0.1) is 31.1 Å². The molecular weight excluding hydrogens is 448 g/mol.